The second kappa shape index (κ2) is 6.08. The van der Waals surface area contributed by atoms with E-state index in [1.165, 1.54) is 0 Å². The molecule has 4 nitrogen and oxygen atoms in total. The van der Waals surface area contributed by atoms with Gasteiger partial charge in [-0.05, 0) is 51.2 Å². The van der Waals surface area contributed by atoms with Crippen molar-refractivity contribution in [1.29, 1.82) is 0 Å². The van der Waals surface area contributed by atoms with Crippen LogP contribution in [-0.4, -0.2) is 43.7 Å². The molecule has 0 atom stereocenters. The summed E-state index contributed by atoms with van der Waals surface area (Å²) in [6.45, 7) is 2.21. The average molecular weight is 307 g/mol. The van der Waals surface area contributed by atoms with Crippen LogP contribution in [0, 0.1) is 0 Å². The summed E-state index contributed by atoms with van der Waals surface area (Å²) in [6.07, 6.45) is 1.98. The van der Waals surface area contributed by atoms with Gasteiger partial charge in [-0.25, -0.2) is 4.98 Å². The van der Waals surface area contributed by atoms with E-state index in [1.807, 2.05) is 12.1 Å². The number of halogens is 1. The molecule has 112 valence electrons. The molecule has 0 aliphatic carbocycles. The van der Waals surface area contributed by atoms with Crippen molar-refractivity contribution in [2.24, 2.45) is 0 Å². The number of aryl methyl sites for hydroxylation is 1. The Hall–Kier alpha value is -1.52. The lowest BCUT2D eigenvalue weighted by atomic mass is 10.1. The normalized spacial score (nSPS) is 13.9. The number of hydrogen-bond acceptors (Lipinski definition) is 4. The molecule has 2 aromatic rings. The zero-order valence-electron chi connectivity index (χ0n) is 12.4. The van der Waals surface area contributed by atoms with Gasteiger partial charge in [0.15, 0.2) is 11.5 Å². The molecule has 0 radical (unpaired) electrons. The van der Waals surface area contributed by atoms with Crippen LogP contribution in [0.25, 0.3) is 10.9 Å². The maximum atomic E-state index is 6.30. The molecule has 0 bridgehead atoms. The van der Waals surface area contributed by atoms with Crippen molar-refractivity contribution in [3.05, 3.63) is 28.9 Å². The average Bonchev–Trinajstić information content (AvgIpc) is 2.45. The number of hydrogen-bond donors (Lipinski definition) is 0. The summed E-state index contributed by atoms with van der Waals surface area (Å²) in [6, 6.07) is 6.00. The summed E-state index contributed by atoms with van der Waals surface area (Å²) in [4.78, 5) is 6.67. The van der Waals surface area contributed by atoms with Crippen molar-refractivity contribution in [3.63, 3.8) is 0 Å². The Morgan fingerprint density at radius 1 is 1.14 bits per heavy atom. The molecule has 3 rings (SSSR count). The lowest BCUT2D eigenvalue weighted by Crippen LogP contribution is -2.15. The van der Waals surface area contributed by atoms with E-state index in [0.29, 0.717) is 18.4 Å². The highest BCUT2D eigenvalue weighted by molar-refractivity contribution is 6.30. The minimum Gasteiger partial charge on any atom is -0.486 e. The Bertz CT molecular complexity index is 658. The molecule has 0 saturated heterocycles. The number of pyridine rings is 1. The molecule has 1 aromatic carbocycles. The number of ether oxygens (including phenoxy) is 2. The van der Waals surface area contributed by atoms with Crippen LogP contribution >= 0.6 is 11.6 Å². The first-order chi connectivity index (χ1) is 10.1. The van der Waals surface area contributed by atoms with Crippen LogP contribution in [0.15, 0.2) is 18.2 Å². The molecule has 0 spiro atoms. The van der Waals surface area contributed by atoms with E-state index in [4.69, 9.17) is 21.1 Å². The van der Waals surface area contributed by atoms with Crippen molar-refractivity contribution < 1.29 is 9.47 Å². The van der Waals surface area contributed by atoms with Gasteiger partial charge in [-0.1, -0.05) is 11.6 Å². The second-order valence-corrected chi connectivity index (χ2v) is 5.89. The molecule has 0 amide bonds. The molecule has 0 saturated carbocycles. The van der Waals surface area contributed by atoms with E-state index >= 15 is 0 Å². The fraction of sp³-hybridized carbons (Fsp3) is 0.438. The smallest absolute Gasteiger partial charge is 0.163 e. The molecule has 21 heavy (non-hydrogen) atoms. The minimum atomic E-state index is 0.578. The van der Waals surface area contributed by atoms with Gasteiger partial charge in [-0.3, -0.25) is 0 Å². The lowest BCUT2D eigenvalue weighted by molar-refractivity contribution is 0.172. The maximum Gasteiger partial charge on any atom is 0.163 e. The first-order valence-electron chi connectivity index (χ1n) is 7.17. The molecule has 1 aromatic heterocycles. The van der Waals surface area contributed by atoms with Gasteiger partial charge in [-0.2, -0.15) is 0 Å². The SMILES string of the molecule is CN(C)CCCc1cc2cc3c(cc2nc1Cl)OCCO3. The van der Waals surface area contributed by atoms with Crippen molar-refractivity contribution in [2.45, 2.75) is 12.8 Å². The molecule has 2 heterocycles. The predicted octanol–water partition coefficient (Wildman–Crippen LogP) is 3.15. The Balaban J connectivity index is 1.90. The topological polar surface area (TPSA) is 34.6 Å². The Morgan fingerprint density at radius 3 is 2.57 bits per heavy atom. The zero-order chi connectivity index (χ0) is 14.8. The van der Waals surface area contributed by atoms with Gasteiger partial charge in [0.1, 0.15) is 18.4 Å². The Labute approximate surface area is 129 Å². The third-order valence-corrected chi connectivity index (χ3v) is 3.88. The molecule has 1 aliphatic heterocycles. The fourth-order valence-corrected chi connectivity index (χ4v) is 2.73. The van der Waals surface area contributed by atoms with Crippen molar-refractivity contribution in [2.75, 3.05) is 33.9 Å². The number of nitrogens with zero attached hydrogens (tertiary/aromatic N) is 2. The van der Waals surface area contributed by atoms with E-state index in [2.05, 4.69) is 30.0 Å². The molecule has 0 unspecified atom stereocenters. The van der Waals surface area contributed by atoms with Gasteiger partial charge in [0.2, 0.25) is 0 Å². The van der Waals surface area contributed by atoms with Crippen LogP contribution in [0.1, 0.15) is 12.0 Å². The number of benzene rings is 1. The molecule has 5 heteroatoms. The van der Waals surface area contributed by atoms with Gasteiger partial charge in [0.25, 0.3) is 0 Å². The highest BCUT2D eigenvalue weighted by atomic mass is 35.5. The van der Waals surface area contributed by atoms with Crippen LogP contribution in [0.2, 0.25) is 5.15 Å². The number of aromatic nitrogens is 1. The summed E-state index contributed by atoms with van der Waals surface area (Å²) in [5, 5.41) is 1.63. The lowest BCUT2D eigenvalue weighted by Gasteiger charge is -2.19. The third-order valence-electron chi connectivity index (χ3n) is 3.56. The van der Waals surface area contributed by atoms with E-state index in [9.17, 15) is 0 Å². The first-order valence-corrected chi connectivity index (χ1v) is 7.55. The largest absolute Gasteiger partial charge is 0.486 e. The number of fused-ring (bicyclic) bond motifs is 2. The van der Waals surface area contributed by atoms with Gasteiger partial charge in [0, 0.05) is 11.5 Å². The van der Waals surface area contributed by atoms with Crippen molar-refractivity contribution in [1.82, 2.24) is 9.88 Å². The molecular weight excluding hydrogens is 288 g/mol. The number of rotatable bonds is 4. The second-order valence-electron chi connectivity index (χ2n) is 5.53. The van der Waals surface area contributed by atoms with Gasteiger partial charge in [-0.15, -0.1) is 0 Å². The Kier molecular flexibility index (Phi) is 4.17. The Morgan fingerprint density at radius 2 is 1.86 bits per heavy atom. The molecular formula is C16H19ClN2O2. The van der Waals surface area contributed by atoms with Gasteiger partial charge >= 0.3 is 0 Å². The quantitative estimate of drug-likeness (QED) is 0.813. The van der Waals surface area contributed by atoms with Crippen LogP contribution in [0.3, 0.4) is 0 Å². The van der Waals surface area contributed by atoms with E-state index in [-0.39, 0.29) is 0 Å². The van der Waals surface area contributed by atoms with Crippen molar-refractivity contribution >= 4 is 22.5 Å². The summed E-state index contributed by atoms with van der Waals surface area (Å²) in [7, 11) is 4.15. The predicted molar refractivity (Wildman–Crippen MR) is 84.6 cm³/mol. The van der Waals surface area contributed by atoms with E-state index in [0.717, 1.165) is 47.4 Å². The minimum absolute atomic E-state index is 0.578. The van der Waals surface area contributed by atoms with Crippen molar-refractivity contribution in [3.8, 4) is 11.5 Å². The van der Waals surface area contributed by atoms with Gasteiger partial charge in [0.05, 0.1) is 5.52 Å². The highest BCUT2D eigenvalue weighted by Crippen LogP contribution is 2.35. The van der Waals surface area contributed by atoms with Crippen LogP contribution < -0.4 is 9.47 Å². The monoisotopic (exact) mass is 306 g/mol. The molecule has 0 N–H and O–H groups in total. The summed E-state index contributed by atoms with van der Waals surface area (Å²) in [5.74, 6) is 1.54. The van der Waals surface area contributed by atoms with Crippen LogP contribution in [0.4, 0.5) is 0 Å². The maximum absolute atomic E-state index is 6.30. The van der Waals surface area contributed by atoms with Gasteiger partial charge < -0.3 is 14.4 Å². The van der Waals surface area contributed by atoms with Crippen LogP contribution in [0.5, 0.6) is 11.5 Å². The molecule has 0 fully saturated rings. The first kappa shape index (κ1) is 14.4. The highest BCUT2D eigenvalue weighted by Gasteiger charge is 2.14. The van der Waals surface area contributed by atoms with E-state index in [1.54, 1.807) is 0 Å². The zero-order valence-corrected chi connectivity index (χ0v) is 13.1. The van der Waals surface area contributed by atoms with Crippen LogP contribution in [-0.2, 0) is 6.42 Å². The van der Waals surface area contributed by atoms with E-state index < -0.39 is 0 Å². The third kappa shape index (κ3) is 3.22. The summed E-state index contributed by atoms with van der Waals surface area (Å²) >= 11 is 6.30. The molecule has 1 aliphatic rings. The summed E-state index contributed by atoms with van der Waals surface area (Å²) < 4.78 is 11.2. The standard InChI is InChI=1S/C16H19ClN2O2/c1-19(2)5-3-4-11-8-12-9-14-15(21-7-6-20-14)10-13(12)18-16(11)17/h8-10H,3-7H2,1-2H3. The fourth-order valence-electron chi connectivity index (χ4n) is 2.49. The summed E-state index contributed by atoms with van der Waals surface area (Å²) in [5.41, 5.74) is 1.93.